The summed E-state index contributed by atoms with van der Waals surface area (Å²) in [5.74, 6) is 0. The molecule has 2 aromatic heterocycles. The molecule has 1 unspecified atom stereocenters. The molecule has 0 saturated heterocycles. The Bertz CT molecular complexity index is 3500. The number of allylic oxidation sites excluding steroid dienone is 2. The molecule has 11 aromatic rings. The summed E-state index contributed by atoms with van der Waals surface area (Å²) < 4.78 is 8.98. The van der Waals surface area contributed by atoms with Gasteiger partial charge in [0.15, 0.2) is 0 Å². The number of fused-ring (bicyclic) bond motifs is 6. The fourth-order valence-corrected chi connectivity index (χ4v) is 9.75. The van der Waals surface area contributed by atoms with Crippen LogP contribution in [0.4, 0.5) is 11.4 Å². The first-order valence-electron chi connectivity index (χ1n) is 21.8. The molecule has 0 bridgehead atoms. The van der Waals surface area contributed by atoms with Crippen LogP contribution in [0.25, 0.3) is 88.4 Å². The van der Waals surface area contributed by atoms with Crippen molar-refractivity contribution in [3.63, 3.8) is 0 Å². The normalized spacial score (nSPS) is 13.8. The maximum atomic E-state index is 6.55. The van der Waals surface area contributed by atoms with Gasteiger partial charge in [0, 0.05) is 44.0 Å². The Morgan fingerprint density at radius 1 is 0.429 bits per heavy atom. The third-order valence-electron chi connectivity index (χ3n) is 12.7. The van der Waals surface area contributed by atoms with Crippen LogP contribution in [0.1, 0.15) is 12.0 Å². The molecule has 0 fully saturated rings. The number of anilines is 2. The van der Waals surface area contributed by atoms with Gasteiger partial charge < -0.3 is 13.9 Å². The van der Waals surface area contributed by atoms with E-state index >= 15 is 0 Å². The van der Waals surface area contributed by atoms with E-state index in [1.165, 1.54) is 49.6 Å². The highest BCUT2D eigenvalue weighted by atomic mass is 16.3. The van der Waals surface area contributed by atoms with Crippen LogP contribution in [0.3, 0.4) is 0 Å². The van der Waals surface area contributed by atoms with Gasteiger partial charge in [0.25, 0.3) is 0 Å². The summed E-state index contributed by atoms with van der Waals surface area (Å²) in [6.07, 6.45) is 7.93. The minimum absolute atomic E-state index is 0.0671. The van der Waals surface area contributed by atoms with Gasteiger partial charge in [-0.3, -0.25) is 0 Å². The molecule has 1 aliphatic carbocycles. The first-order valence-corrected chi connectivity index (χ1v) is 21.8. The highest BCUT2D eigenvalue weighted by molar-refractivity contribution is 6.11. The summed E-state index contributed by atoms with van der Waals surface area (Å²) in [4.78, 5) is 2.51. The van der Waals surface area contributed by atoms with Crippen LogP contribution in [0, 0.1) is 0 Å². The number of nitrogens with zero attached hydrogens (tertiary/aromatic N) is 2. The van der Waals surface area contributed by atoms with E-state index in [9.17, 15) is 0 Å². The van der Waals surface area contributed by atoms with E-state index in [0.29, 0.717) is 0 Å². The van der Waals surface area contributed by atoms with Crippen LogP contribution >= 0.6 is 0 Å². The maximum Gasteiger partial charge on any atom is 0.143 e. The van der Waals surface area contributed by atoms with Crippen molar-refractivity contribution >= 4 is 60.7 Å². The molecule has 0 N–H and O–H groups in total. The van der Waals surface area contributed by atoms with E-state index in [0.717, 1.165) is 62.1 Å². The minimum Gasteiger partial charge on any atom is -0.455 e. The Hall–Kier alpha value is -8.14. The van der Waals surface area contributed by atoms with Gasteiger partial charge >= 0.3 is 0 Å². The van der Waals surface area contributed by atoms with Crippen molar-refractivity contribution < 1.29 is 4.42 Å². The molecule has 298 valence electrons. The molecule has 2 heterocycles. The van der Waals surface area contributed by atoms with Gasteiger partial charge in [-0.25, -0.2) is 0 Å². The van der Waals surface area contributed by atoms with Crippen LogP contribution < -0.4 is 4.90 Å². The van der Waals surface area contributed by atoms with Gasteiger partial charge in [-0.15, -0.1) is 0 Å². The monoisotopic (exact) mass is 806 g/mol. The zero-order valence-electron chi connectivity index (χ0n) is 34.6. The summed E-state index contributed by atoms with van der Waals surface area (Å²) >= 11 is 0. The third-order valence-corrected chi connectivity index (χ3v) is 12.7. The van der Waals surface area contributed by atoms with Crippen molar-refractivity contribution in [2.24, 2.45) is 0 Å². The molecular weight excluding hydrogens is 765 g/mol. The number of hydrogen-bond acceptors (Lipinski definition) is 2. The van der Waals surface area contributed by atoms with Crippen LogP contribution in [0.2, 0.25) is 0 Å². The predicted octanol–water partition coefficient (Wildman–Crippen LogP) is 16.2. The van der Waals surface area contributed by atoms with Crippen molar-refractivity contribution in [1.29, 1.82) is 0 Å². The quantitative estimate of drug-likeness (QED) is 0.153. The second-order valence-corrected chi connectivity index (χ2v) is 16.4. The summed E-state index contributed by atoms with van der Waals surface area (Å²) in [5.41, 5.74) is 17.1. The highest BCUT2D eigenvalue weighted by Crippen LogP contribution is 2.42. The standard InChI is InChI=1S/C60H42N2O/c1-2-15-41(16-3-1)42-31-33-43(34-32-42)44-35-37-47(38-36-44)61(49-20-13-18-46(40-49)51-25-14-26-55-54-24-7-11-30-59(54)63-60(51)55)48-19-12-17-45(39-48)50-21-4-8-27-56(50)62-57-28-9-5-22-52(57)53-23-6-10-29-58(53)62/h1-37,39-40,47H,38H2. The van der Waals surface area contributed by atoms with Gasteiger partial charge in [0.1, 0.15) is 11.2 Å². The van der Waals surface area contributed by atoms with Gasteiger partial charge in [-0.1, -0.05) is 188 Å². The van der Waals surface area contributed by atoms with E-state index in [-0.39, 0.29) is 6.04 Å². The third kappa shape index (κ3) is 6.45. The van der Waals surface area contributed by atoms with E-state index in [1.54, 1.807) is 0 Å². The Morgan fingerprint density at radius 2 is 0.968 bits per heavy atom. The smallest absolute Gasteiger partial charge is 0.143 e. The first-order chi connectivity index (χ1) is 31.2. The summed E-state index contributed by atoms with van der Waals surface area (Å²) in [7, 11) is 0. The zero-order chi connectivity index (χ0) is 41.7. The largest absolute Gasteiger partial charge is 0.455 e. The summed E-state index contributed by atoms with van der Waals surface area (Å²) in [6.45, 7) is 0. The van der Waals surface area contributed by atoms with E-state index < -0.39 is 0 Å². The molecule has 0 saturated carbocycles. The van der Waals surface area contributed by atoms with Crippen molar-refractivity contribution in [3.05, 3.63) is 242 Å². The molecule has 12 rings (SSSR count). The van der Waals surface area contributed by atoms with Crippen LogP contribution in [-0.4, -0.2) is 10.6 Å². The molecule has 0 spiro atoms. The Morgan fingerprint density at radius 3 is 1.68 bits per heavy atom. The fraction of sp³-hybridized carbons (Fsp3) is 0.0333. The average molecular weight is 807 g/mol. The lowest BCUT2D eigenvalue weighted by atomic mass is 9.93. The Kier molecular flexibility index (Phi) is 8.97. The predicted molar refractivity (Wildman–Crippen MR) is 265 cm³/mol. The summed E-state index contributed by atoms with van der Waals surface area (Å²) in [5, 5.41) is 4.77. The number of para-hydroxylation sites is 5. The number of hydrogen-bond donors (Lipinski definition) is 0. The summed E-state index contributed by atoms with van der Waals surface area (Å²) in [6, 6.07) is 78.7. The minimum atomic E-state index is 0.0671. The second kappa shape index (κ2) is 15.4. The molecule has 0 aliphatic heterocycles. The zero-order valence-corrected chi connectivity index (χ0v) is 34.6. The molecule has 3 nitrogen and oxygen atoms in total. The van der Waals surface area contributed by atoms with Gasteiger partial charge in [0.05, 0.1) is 22.8 Å². The molecular formula is C60H42N2O. The Labute approximate surface area is 366 Å². The lowest BCUT2D eigenvalue weighted by Gasteiger charge is -2.34. The van der Waals surface area contributed by atoms with Crippen molar-refractivity contribution in [3.8, 4) is 39.1 Å². The number of rotatable bonds is 8. The molecule has 0 amide bonds. The first kappa shape index (κ1) is 36.7. The van der Waals surface area contributed by atoms with Crippen molar-refractivity contribution in [2.75, 3.05) is 4.90 Å². The lowest BCUT2D eigenvalue weighted by Crippen LogP contribution is -2.30. The van der Waals surface area contributed by atoms with E-state index in [4.69, 9.17) is 4.42 Å². The SMILES string of the molecule is C1=CC(N(c2cccc(-c3ccccc3-n3c4ccccc4c4ccccc43)c2)c2cccc(-c3cccc4c3oc3ccccc34)c2)CC=C1c1ccc(-c2ccccc2)cc1. The number of aromatic nitrogens is 1. The Balaban J connectivity index is 0.966. The molecule has 63 heavy (non-hydrogen) atoms. The van der Waals surface area contributed by atoms with Gasteiger partial charge in [0.2, 0.25) is 0 Å². The average Bonchev–Trinajstić information content (AvgIpc) is 3.91. The molecule has 1 atom stereocenters. The van der Waals surface area contributed by atoms with E-state index in [2.05, 4.69) is 240 Å². The van der Waals surface area contributed by atoms with Crippen molar-refractivity contribution in [2.45, 2.75) is 12.5 Å². The number of benzene rings is 9. The van der Waals surface area contributed by atoms with Crippen LogP contribution in [0.5, 0.6) is 0 Å². The molecule has 1 aliphatic rings. The van der Waals surface area contributed by atoms with Crippen LogP contribution in [0.15, 0.2) is 241 Å². The van der Waals surface area contributed by atoms with Crippen molar-refractivity contribution in [1.82, 2.24) is 4.57 Å². The van der Waals surface area contributed by atoms with E-state index in [1.807, 2.05) is 6.07 Å². The highest BCUT2D eigenvalue weighted by Gasteiger charge is 2.23. The van der Waals surface area contributed by atoms with Gasteiger partial charge in [-0.05, 0) is 88.3 Å². The maximum absolute atomic E-state index is 6.55. The number of furan rings is 1. The van der Waals surface area contributed by atoms with Crippen LogP contribution in [-0.2, 0) is 0 Å². The second-order valence-electron chi connectivity index (χ2n) is 16.4. The molecule has 9 aromatic carbocycles. The topological polar surface area (TPSA) is 21.3 Å². The van der Waals surface area contributed by atoms with Gasteiger partial charge in [-0.2, -0.15) is 0 Å². The molecule has 0 radical (unpaired) electrons. The fourth-order valence-electron chi connectivity index (χ4n) is 9.75. The lowest BCUT2D eigenvalue weighted by molar-refractivity contribution is 0.670. The molecule has 3 heteroatoms.